The second kappa shape index (κ2) is 6.57. The van der Waals surface area contributed by atoms with Gasteiger partial charge in [0, 0.05) is 27.2 Å². The summed E-state index contributed by atoms with van der Waals surface area (Å²) in [5, 5.41) is 0.544. The van der Waals surface area contributed by atoms with Crippen molar-refractivity contribution in [3.05, 3.63) is 57.6 Å². The lowest BCUT2D eigenvalue weighted by Gasteiger charge is -2.17. The van der Waals surface area contributed by atoms with E-state index in [-0.39, 0.29) is 0 Å². The van der Waals surface area contributed by atoms with Crippen LogP contribution in [0, 0.1) is 0 Å². The summed E-state index contributed by atoms with van der Waals surface area (Å²) in [6.07, 6.45) is 0. The standard InChI is InChI=1S/C15H13Cl3O2/c1-19-9-6-7-10(13(8-9)20-2)15(18)14-11(16)4-3-5-12(14)17/h3-8,15H,1-2H3. The van der Waals surface area contributed by atoms with Crippen LogP contribution in [0.5, 0.6) is 11.5 Å². The van der Waals surface area contributed by atoms with Crippen molar-refractivity contribution in [3.8, 4) is 11.5 Å². The van der Waals surface area contributed by atoms with Crippen LogP contribution in [-0.2, 0) is 0 Å². The van der Waals surface area contributed by atoms with Crippen molar-refractivity contribution in [2.45, 2.75) is 5.38 Å². The number of alkyl halides is 1. The summed E-state index contributed by atoms with van der Waals surface area (Å²) in [5.74, 6) is 1.32. The molecule has 106 valence electrons. The highest BCUT2D eigenvalue weighted by molar-refractivity contribution is 6.38. The number of methoxy groups -OCH3 is 2. The van der Waals surface area contributed by atoms with Gasteiger partial charge in [-0.25, -0.2) is 0 Å². The summed E-state index contributed by atoms with van der Waals surface area (Å²) in [4.78, 5) is 0. The zero-order valence-electron chi connectivity index (χ0n) is 11.0. The molecule has 0 N–H and O–H groups in total. The molecule has 0 aliphatic carbocycles. The minimum absolute atomic E-state index is 0.503. The number of hydrogen-bond donors (Lipinski definition) is 0. The molecule has 0 spiro atoms. The SMILES string of the molecule is COc1ccc(C(Cl)c2c(Cl)cccc2Cl)c(OC)c1. The van der Waals surface area contributed by atoms with Gasteiger partial charge in [0.15, 0.2) is 0 Å². The van der Waals surface area contributed by atoms with Crippen molar-refractivity contribution in [2.75, 3.05) is 14.2 Å². The molecule has 0 aliphatic rings. The van der Waals surface area contributed by atoms with Gasteiger partial charge in [-0.1, -0.05) is 29.3 Å². The van der Waals surface area contributed by atoms with Crippen LogP contribution in [0.25, 0.3) is 0 Å². The lowest BCUT2D eigenvalue weighted by Crippen LogP contribution is -2.00. The monoisotopic (exact) mass is 330 g/mol. The summed E-state index contributed by atoms with van der Waals surface area (Å²) in [6, 6.07) is 10.7. The largest absolute Gasteiger partial charge is 0.497 e. The highest BCUT2D eigenvalue weighted by atomic mass is 35.5. The first-order chi connectivity index (χ1) is 9.58. The van der Waals surface area contributed by atoms with E-state index >= 15 is 0 Å². The highest BCUT2D eigenvalue weighted by Gasteiger charge is 2.21. The summed E-state index contributed by atoms with van der Waals surface area (Å²) >= 11 is 18.9. The van der Waals surface area contributed by atoms with Gasteiger partial charge in [0.05, 0.1) is 19.6 Å². The zero-order chi connectivity index (χ0) is 14.7. The Bertz CT molecular complexity index is 594. The predicted octanol–water partition coefficient (Wildman–Crippen LogP) is 5.34. The smallest absolute Gasteiger partial charge is 0.127 e. The van der Waals surface area contributed by atoms with E-state index in [0.717, 1.165) is 5.56 Å². The fourth-order valence-electron chi connectivity index (χ4n) is 1.94. The van der Waals surface area contributed by atoms with Crippen LogP contribution in [-0.4, -0.2) is 14.2 Å². The van der Waals surface area contributed by atoms with Gasteiger partial charge in [0.25, 0.3) is 0 Å². The highest BCUT2D eigenvalue weighted by Crippen LogP contribution is 2.42. The van der Waals surface area contributed by atoms with Crippen molar-refractivity contribution in [1.29, 1.82) is 0 Å². The molecule has 2 aromatic rings. The van der Waals surface area contributed by atoms with Gasteiger partial charge in [-0.15, -0.1) is 11.6 Å². The summed E-state index contributed by atoms with van der Waals surface area (Å²) in [6.45, 7) is 0. The van der Waals surface area contributed by atoms with Crippen molar-refractivity contribution in [2.24, 2.45) is 0 Å². The molecule has 0 saturated carbocycles. The molecule has 0 radical (unpaired) electrons. The molecule has 2 nitrogen and oxygen atoms in total. The van der Waals surface area contributed by atoms with Gasteiger partial charge in [0.2, 0.25) is 0 Å². The third-order valence-electron chi connectivity index (χ3n) is 2.97. The van der Waals surface area contributed by atoms with Crippen LogP contribution in [0.3, 0.4) is 0 Å². The molecule has 0 aliphatic heterocycles. The molecule has 1 atom stereocenters. The Morgan fingerprint density at radius 3 is 2.15 bits per heavy atom. The summed E-state index contributed by atoms with van der Waals surface area (Å²) in [5.41, 5.74) is 1.45. The Morgan fingerprint density at radius 2 is 1.60 bits per heavy atom. The molecule has 0 amide bonds. The van der Waals surface area contributed by atoms with Crippen LogP contribution in [0.2, 0.25) is 10.0 Å². The first-order valence-corrected chi connectivity index (χ1v) is 7.07. The normalized spacial score (nSPS) is 12.1. The van der Waals surface area contributed by atoms with E-state index in [1.165, 1.54) is 0 Å². The lowest BCUT2D eigenvalue weighted by molar-refractivity contribution is 0.391. The fraction of sp³-hybridized carbons (Fsp3) is 0.200. The van der Waals surface area contributed by atoms with Gasteiger partial charge in [-0.3, -0.25) is 0 Å². The first-order valence-electron chi connectivity index (χ1n) is 5.88. The second-order valence-electron chi connectivity index (χ2n) is 4.11. The van der Waals surface area contributed by atoms with Gasteiger partial charge >= 0.3 is 0 Å². The topological polar surface area (TPSA) is 18.5 Å². The fourth-order valence-corrected chi connectivity index (χ4v) is 3.08. The molecular weight excluding hydrogens is 319 g/mol. The third kappa shape index (κ3) is 2.98. The molecule has 0 aromatic heterocycles. The van der Waals surface area contributed by atoms with Gasteiger partial charge in [-0.05, 0) is 24.3 Å². The first kappa shape index (κ1) is 15.3. The van der Waals surface area contributed by atoms with Crippen molar-refractivity contribution in [3.63, 3.8) is 0 Å². The van der Waals surface area contributed by atoms with E-state index in [2.05, 4.69) is 0 Å². The molecule has 5 heteroatoms. The Hall–Kier alpha value is -1.09. The Kier molecular flexibility index (Phi) is 5.03. The number of halogens is 3. The van der Waals surface area contributed by atoms with E-state index in [9.17, 15) is 0 Å². The van der Waals surface area contributed by atoms with E-state index < -0.39 is 5.38 Å². The van der Waals surface area contributed by atoms with Crippen molar-refractivity contribution >= 4 is 34.8 Å². The van der Waals surface area contributed by atoms with E-state index in [1.807, 2.05) is 12.1 Å². The van der Waals surface area contributed by atoms with Crippen LogP contribution in [0.15, 0.2) is 36.4 Å². The maximum atomic E-state index is 6.53. The van der Waals surface area contributed by atoms with E-state index in [4.69, 9.17) is 44.3 Å². The second-order valence-corrected chi connectivity index (χ2v) is 5.36. The molecule has 2 rings (SSSR count). The predicted molar refractivity (Wildman–Crippen MR) is 83.7 cm³/mol. The van der Waals surface area contributed by atoms with Gasteiger partial charge < -0.3 is 9.47 Å². The van der Waals surface area contributed by atoms with E-state index in [1.54, 1.807) is 38.5 Å². The molecule has 0 fully saturated rings. The number of ether oxygens (including phenoxy) is 2. The van der Waals surface area contributed by atoms with Crippen molar-refractivity contribution < 1.29 is 9.47 Å². The average molecular weight is 332 g/mol. The van der Waals surface area contributed by atoms with Crippen LogP contribution >= 0.6 is 34.8 Å². The third-order valence-corrected chi connectivity index (χ3v) is 4.08. The number of hydrogen-bond acceptors (Lipinski definition) is 2. The minimum Gasteiger partial charge on any atom is -0.497 e. The Morgan fingerprint density at radius 1 is 0.950 bits per heavy atom. The van der Waals surface area contributed by atoms with Crippen LogP contribution in [0.1, 0.15) is 16.5 Å². The Balaban J connectivity index is 2.50. The molecule has 0 bridgehead atoms. The lowest BCUT2D eigenvalue weighted by atomic mass is 10.0. The van der Waals surface area contributed by atoms with Gasteiger partial charge in [0.1, 0.15) is 11.5 Å². The average Bonchev–Trinajstić information content (AvgIpc) is 2.46. The molecular formula is C15H13Cl3O2. The maximum Gasteiger partial charge on any atom is 0.127 e. The van der Waals surface area contributed by atoms with Crippen LogP contribution in [0.4, 0.5) is 0 Å². The molecule has 2 aromatic carbocycles. The zero-order valence-corrected chi connectivity index (χ0v) is 13.3. The molecule has 0 saturated heterocycles. The quantitative estimate of drug-likeness (QED) is 0.704. The van der Waals surface area contributed by atoms with Crippen molar-refractivity contribution in [1.82, 2.24) is 0 Å². The number of benzene rings is 2. The maximum absolute atomic E-state index is 6.53. The van der Waals surface area contributed by atoms with Crippen LogP contribution < -0.4 is 9.47 Å². The summed E-state index contributed by atoms with van der Waals surface area (Å²) in [7, 11) is 3.17. The van der Waals surface area contributed by atoms with E-state index in [0.29, 0.717) is 27.1 Å². The van der Waals surface area contributed by atoms with Gasteiger partial charge in [-0.2, -0.15) is 0 Å². The number of rotatable bonds is 4. The minimum atomic E-state index is -0.503. The molecule has 1 unspecified atom stereocenters. The summed E-state index contributed by atoms with van der Waals surface area (Å²) < 4.78 is 10.5. The molecule has 0 heterocycles. The Labute approximate surface area is 133 Å². The molecule has 20 heavy (non-hydrogen) atoms.